The average molecular weight is 306 g/mol. The lowest BCUT2D eigenvalue weighted by Gasteiger charge is -2.16. The fraction of sp³-hybridized carbons (Fsp3) is 0.294. The summed E-state index contributed by atoms with van der Waals surface area (Å²) in [4.78, 5) is 0. The fourth-order valence-corrected chi connectivity index (χ4v) is 2.45. The minimum Gasteiger partial charge on any atom is -0.497 e. The average Bonchev–Trinajstić information content (AvgIpc) is 2.53. The highest BCUT2D eigenvalue weighted by atomic mass is 35.5. The van der Waals surface area contributed by atoms with Gasteiger partial charge in [-0.1, -0.05) is 23.7 Å². The van der Waals surface area contributed by atoms with Crippen molar-refractivity contribution in [2.45, 2.75) is 18.9 Å². The van der Waals surface area contributed by atoms with Gasteiger partial charge in [0.15, 0.2) is 0 Å². The maximum atomic E-state index is 6.28. The largest absolute Gasteiger partial charge is 0.497 e. The molecule has 2 aromatic rings. The Morgan fingerprint density at radius 3 is 2.38 bits per heavy atom. The van der Waals surface area contributed by atoms with Gasteiger partial charge in [-0.25, -0.2) is 0 Å². The predicted molar refractivity (Wildman–Crippen MR) is 86.2 cm³/mol. The maximum absolute atomic E-state index is 6.28. The maximum Gasteiger partial charge on any atom is 0.123 e. The highest BCUT2D eigenvalue weighted by Crippen LogP contribution is 2.29. The number of nitrogens with two attached hydrogens (primary N) is 1. The third-order valence-corrected chi connectivity index (χ3v) is 3.73. The second-order valence-electron chi connectivity index (χ2n) is 4.88. The number of hydrogen-bond donors (Lipinski definition) is 1. The van der Waals surface area contributed by atoms with Gasteiger partial charge < -0.3 is 15.2 Å². The van der Waals surface area contributed by atoms with Crippen LogP contribution in [0.25, 0.3) is 0 Å². The molecule has 0 aliphatic carbocycles. The zero-order valence-corrected chi connectivity index (χ0v) is 13.1. The Morgan fingerprint density at radius 1 is 1.05 bits per heavy atom. The van der Waals surface area contributed by atoms with E-state index in [1.54, 1.807) is 20.3 Å². The van der Waals surface area contributed by atoms with E-state index in [0.29, 0.717) is 5.02 Å². The molecule has 0 aromatic heterocycles. The zero-order chi connectivity index (χ0) is 15.2. The molecule has 0 saturated heterocycles. The molecule has 0 bridgehead atoms. The topological polar surface area (TPSA) is 44.5 Å². The van der Waals surface area contributed by atoms with E-state index in [9.17, 15) is 0 Å². The van der Waals surface area contributed by atoms with Crippen molar-refractivity contribution in [1.82, 2.24) is 0 Å². The Kier molecular flexibility index (Phi) is 5.48. The summed E-state index contributed by atoms with van der Waals surface area (Å²) in [6.07, 6.45) is 1.71. The normalized spacial score (nSPS) is 12.0. The van der Waals surface area contributed by atoms with Gasteiger partial charge in [-0.3, -0.25) is 0 Å². The van der Waals surface area contributed by atoms with Gasteiger partial charge in [0.2, 0.25) is 0 Å². The molecule has 0 aliphatic heterocycles. The van der Waals surface area contributed by atoms with Crippen molar-refractivity contribution in [2.24, 2.45) is 5.73 Å². The molecule has 4 heteroatoms. The van der Waals surface area contributed by atoms with Crippen molar-refractivity contribution < 1.29 is 9.47 Å². The highest BCUT2D eigenvalue weighted by molar-refractivity contribution is 6.30. The summed E-state index contributed by atoms with van der Waals surface area (Å²) < 4.78 is 10.5. The predicted octanol–water partition coefficient (Wildman–Crippen LogP) is 3.99. The molecule has 3 nitrogen and oxygen atoms in total. The van der Waals surface area contributed by atoms with Crippen LogP contribution in [0.15, 0.2) is 42.5 Å². The lowest BCUT2D eigenvalue weighted by Crippen LogP contribution is -2.12. The van der Waals surface area contributed by atoms with Gasteiger partial charge in [0.1, 0.15) is 11.5 Å². The second-order valence-corrected chi connectivity index (χ2v) is 5.32. The lowest BCUT2D eigenvalue weighted by atomic mass is 9.99. The molecular weight excluding hydrogens is 286 g/mol. The molecule has 0 saturated carbocycles. The Labute approximate surface area is 130 Å². The number of aryl methyl sites for hydroxylation is 1. The van der Waals surface area contributed by atoms with Gasteiger partial charge in [0.05, 0.1) is 14.2 Å². The molecular formula is C17H20ClNO2. The Bertz CT molecular complexity index is 584. The minimum absolute atomic E-state index is 0.110. The van der Waals surface area contributed by atoms with Gasteiger partial charge in [0, 0.05) is 16.6 Å². The quantitative estimate of drug-likeness (QED) is 0.877. The number of methoxy groups -OCH3 is 2. The molecule has 0 radical (unpaired) electrons. The van der Waals surface area contributed by atoms with Crippen LogP contribution in [0, 0.1) is 0 Å². The van der Waals surface area contributed by atoms with Gasteiger partial charge >= 0.3 is 0 Å². The first-order valence-electron chi connectivity index (χ1n) is 6.86. The number of halogens is 1. The van der Waals surface area contributed by atoms with Crippen LogP contribution in [0.4, 0.5) is 0 Å². The van der Waals surface area contributed by atoms with E-state index < -0.39 is 0 Å². The van der Waals surface area contributed by atoms with Crippen LogP contribution in [-0.2, 0) is 6.42 Å². The summed E-state index contributed by atoms with van der Waals surface area (Å²) in [5.41, 5.74) is 8.45. The standard InChI is InChI=1S/C17H20ClNO2/c1-20-14-7-3-12(4-8-14)5-9-16(19)15-11-13(18)6-10-17(15)21-2/h3-4,6-8,10-11,16H,5,9,19H2,1-2H3. The van der Waals surface area contributed by atoms with Crippen LogP contribution in [0.3, 0.4) is 0 Å². The van der Waals surface area contributed by atoms with Gasteiger partial charge in [-0.05, 0) is 48.7 Å². The van der Waals surface area contributed by atoms with E-state index in [1.165, 1.54) is 5.56 Å². The summed E-state index contributed by atoms with van der Waals surface area (Å²) >= 11 is 6.04. The van der Waals surface area contributed by atoms with Crippen molar-refractivity contribution in [2.75, 3.05) is 14.2 Å². The molecule has 2 N–H and O–H groups in total. The second kappa shape index (κ2) is 7.34. The lowest BCUT2D eigenvalue weighted by molar-refractivity contribution is 0.404. The first kappa shape index (κ1) is 15.7. The Morgan fingerprint density at radius 2 is 1.76 bits per heavy atom. The fourth-order valence-electron chi connectivity index (χ4n) is 2.26. The molecule has 0 aliphatic rings. The first-order valence-corrected chi connectivity index (χ1v) is 7.23. The monoisotopic (exact) mass is 305 g/mol. The van der Waals surface area contributed by atoms with Gasteiger partial charge in [0.25, 0.3) is 0 Å². The molecule has 21 heavy (non-hydrogen) atoms. The summed E-state index contributed by atoms with van der Waals surface area (Å²) in [6.45, 7) is 0. The third kappa shape index (κ3) is 4.13. The van der Waals surface area contributed by atoms with Gasteiger partial charge in [-0.2, -0.15) is 0 Å². The van der Waals surface area contributed by atoms with Crippen molar-refractivity contribution in [3.63, 3.8) is 0 Å². The molecule has 0 amide bonds. The van der Waals surface area contributed by atoms with Crippen LogP contribution in [-0.4, -0.2) is 14.2 Å². The van der Waals surface area contributed by atoms with Crippen molar-refractivity contribution >= 4 is 11.6 Å². The Hall–Kier alpha value is -1.71. The zero-order valence-electron chi connectivity index (χ0n) is 12.3. The number of ether oxygens (including phenoxy) is 2. The van der Waals surface area contributed by atoms with E-state index in [1.807, 2.05) is 24.3 Å². The molecule has 1 unspecified atom stereocenters. The number of benzene rings is 2. The smallest absolute Gasteiger partial charge is 0.123 e. The van der Waals surface area contributed by atoms with E-state index in [0.717, 1.165) is 29.9 Å². The van der Waals surface area contributed by atoms with E-state index in [-0.39, 0.29) is 6.04 Å². The molecule has 0 fully saturated rings. The van der Waals surface area contributed by atoms with Gasteiger partial charge in [-0.15, -0.1) is 0 Å². The first-order chi connectivity index (χ1) is 10.1. The van der Waals surface area contributed by atoms with Crippen LogP contribution < -0.4 is 15.2 Å². The van der Waals surface area contributed by atoms with Crippen LogP contribution in [0.5, 0.6) is 11.5 Å². The molecule has 1 atom stereocenters. The third-order valence-electron chi connectivity index (χ3n) is 3.49. The summed E-state index contributed by atoms with van der Waals surface area (Å²) in [6, 6.07) is 13.5. The summed E-state index contributed by atoms with van der Waals surface area (Å²) in [7, 11) is 3.30. The molecule has 0 spiro atoms. The van der Waals surface area contributed by atoms with E-state index >= 15 is 0 Å². The minimum atomic E-state index is -0.110. The van der Waals surface area contributed by atoms with Crippen molar-refractivity contribution in [1.29, 1.82) is 0 Å². The summed E-state index contributed by atoms with van der Waals surface area (Å²) in [5.74, 6) is 1.64. The molecule has 2 aromatic carbocycles. The summed E-state index contributed by atoms with van der Waals surface area (Å²) in [5, 5.41) is 0.672. The van der Waals surface area contributed by atoms with Crippen molar-refractivity contribution in [3.8, 4) is 11.5 Å². The molecule has 0 heterocycles. The van der Waals surface area contributed by atoms with Crippen LogP contribution in [0.1, 0.15) is 23.6 Å². The highest BCUT2D eigenvalue weighted by Gasteiger charge is 2.12. The Balaban J connectivity index is 2.03. The van der Waals surface area contributed by atoms with Crippen LogP contribution >= 0.6 is 11.6 Å². The van der Waals surface area contributed by atoms with E-state index in [4.69, 9.17) is 26.8 Å². The molecule has 2 rings (SSSR count). The van der Waals surface area contributed by atoms with Crippen LogP contribution in [0.2, 0.25) is 5.02 Å². The SMILES string of the molecule is COc1ccc(CCC(N)c2cc(Cl)ccc2OC)cc1. The molecule has 112 valence electrons. The van der Waals surface area contributed by atoms with Crippen molar-refractivity contribution in [3.05, 3.63) is 58.6 Å². The van der Waals surface area contributed by atoms with E-state index in [2.05, 4.69) is 12.1 Å². The number of rotatable bonds is 6. The number of hydrogen-bond acceptors (Lipinski definition) is 3.